The molecule has 0 aromatic rings. The Morgan fingerprint density at radius 3 is 2.42 bits per heavy atom. The molecule has 0 fully saturated rings. The van der Waals surface area contributed by atoms with Crippen LogP contribution in [0.3, 0.4) is 0 Å². The third-order valence-corrected chi connectivity index (χ3v) is 1.48. The van der Waals surface area contributed by atoms with E-state index in [-0.39, 0.29) is 11.5 Å². The predicted octanol–water partition coefficient (Wildman–Crippen LogP) is 0.143. The number of terminal acetylenes is 1. The summed E-state index contributed by atoms with van der Waals surface area (Å²) in [5.41, 5.74) is -0.181. The third-order valence-electron chi connectivity index (χ3n) is 1.48. The number of aliphatic hydroxyl groups is 1. The fraction of sp³-hybridized carbons (Fsp3) is 0.667. The van der Waals surface area contributed by atoms with Gasteiger partial charge >= 0.3 is 0 Å². The first-order valence-electron chi connectivity index (χ1n) is 3.78. The maximum atomic E-state index is 10.8. The topological polar surface area (TPSA) is 49.3 Å². The van der Waals surface area contributed by atoms with Crippen LogP contribution in [0.4, 0.5) is 0 Å². The van der Waals surface area contributed by atoms with Crippen molar-refractivity contribution in [1.29, 1.82) is 0 Å². The molecule has 0 spiro atoms. The second-order valence-electron chi connectivity index (χ2n) is 3.69. The lowest BCUT2D eigenvalue weighted by Gasteiger charge is -2.26. The van der Waals surface area contributed by atoms with Crippen molar-refractivity contribution in [3.63, 3.8) is 0 Å². The summed E-state index contributed by atoms with van der Waals surface area (Å²) in [4.78, 5) is 10.8. The number of rotatable bonds is 2. The van der Waals surface area contributed by atoms with E-state index in [1.54, 1.807) is 0 Å². The fourth-order valence-corrected chi connectivity index (χ4v) is 0.715. The summed E-state index contributed by atoms with van der Waals surface area (Å²) in [6.45, 7) is 5.26. The maximum absolute atomic E-state index is 10.8. The average molecular weight is 169 g/mol. The second kappa shape index (κ2) is 4.13. The van der Waals surface area contributed by atoms with Gasteiger partial charge in [0, 0.05) is 0 Å². The van der Waals surface area contributed by atoms with Gasteiger partial charge in [-0.3, -0.25) is 4.79 Å². The monoisotopic (exact) mass is 169 g/mol. The molecule has 68 valence electrons. The normalized spacial score (nSPS) is 13.2. The molecule has 0 aliphatic carbocycles. The molecular weight excluding hydrogens is 154 g/mol. The molecular formula is C9H15NO2. The minimum Gasteiger partial charge on any atom is -0.387 e. The van der Waals surface area contributed by atoms with Crippen molar-refractivity contribution in [3.8, 4) is 12.3 Å². The van der Waals surface area contributed by atoms with Crippen LogP contribution in [0.1, 0.15) is 20.8 Å². The van der Waals surface area contributed by atoms with E-state index in [9.17, 15) is 4.79 Å². The number of hydrogen-bond acceptors (Lipinski definition) is 2. The summed E-state index contributed by atoms with van der Waals surface area (Å²) < 4.78 is 0. The Hall–Kier alpha value is -1.01. The molecule has 0 saturated carbocycles. The highest BCUT2D eigenvalue weighted by Crippen LogP contribution is 2.18. The van der Waals surface area contributed by atoms with Gasteiger partial charge in [-0.25, -0.2) is 0 Å². The average Bonchev–Trinajstić information content (AvgIpc) is 1.97. The third kappa shape index (κ3) is 3.40. The Kier molecular flexibility index (Phi) is 3.78. The van der Waals surface area contributed by atoms with Gasteiger partial charge in [0.05, 0.1) is 6.04 Å². The van der Waals surface area contributed by atoms with Crippen LogP contribution in [0.5, 0.6) is 0 Å². The van der Waals surface area contributed by atoms with E-state index in [1.807, 2.05) is 20.8 Å². The Bertz CT molecular complexity index is 198. The number of carbonyl (C=O) groups is 1. The van der Waals surface area contributed by atoms with Gasteiger partial charge in [-0.2, -0.15) is 0 Å². The van der Waals surface area contributed by atoms with E-state index in [0.29, 0.717) is 0 Å². The number of aliphatic hydroxyl groups excluding tert-OH is 1. The number of nitrogens with one attached hydrogen (secondary N) is 1. The molecule has 12 heavy (non-hydrogen) atoms. The fourth-order valence-electron chi connectivity index (χ4n) is 0.715. The highest BCUT2D eigenvalue weighted by Gasteiger charge is 2.23. The zero-order chi connectivity index (χ0) is 9.78. The van der Waals surface area contributed by atoms with Crippen LogP contribution in [0.25, 0.3) is 0 Å². The molecule has 0 bridgehead atoms. The Morgan fingerprint density at radius 1 is 1.67 bits per heavy atom. The zero-order valence-electron chi connectivity index (χ0n) is 7.72. The first kappa shape index (κ1) is 11.0. The number of hydrogen-bond donors (Lipinski definition) is 2. The molecule has 3 heteroatoms. The molecule has 0 heterocycles. The van der Waals surface area contributed by atoms with Gasteiger partial charge in [-0.15, -0.1) is 6.42 Å². The molecule has 0 radical (unpaired) electrons. The molecule has 1 unspecified atom stereocenters. The lowest BCUT2D eigenvalue weighted by atomic mass is 9.87. The van der Waals surface area contributed by atoms with Crippen molar-refractivity contribution in [2.75, 3.05) is 6.61 Å². The summed E-state index contributed by atoms with van der Waals surface area (Å²) in [6, 6.07) is -0.336. The second-order valence-corrected chi connectivity index (χ2v) is 3.69. The SMILES string of the molecule is C#CC(NC(=O)CO)C(C)(C)C. The van der Waals surface area contributed by atoms with Crippen LogP contribution in [0, 0.1) is 17.8 Å². The first-order chi connectivity index (χ1) is 5.41. The summed E-state index contributed by atoms with van der Waals surface area (Å²) in [5.74, 6) is 2.03. The maximum Gasteiger partial charge on any atom is 0.246 e. The Morgan fingerprint density at radius 2 is 2.17 bits per heavy atom. The molecule has 1 atom stereocenters. The minimum absolute atomic E-state index is 0.181. The van der Waals surface area contributed by atoms with Crippen molar-refractivity contribution in [3.05, 3.63) is 0 Å². The van der Waals surface area contributed by atoms with Gasteiger partial charge in [-0.1, -0.05) is 26.7 Å². The van der Waals surface area contributed by atoms with E-state index in [1.165, 1.54) is 0 Å². The van der Waals surface area contributed by atoms with E-state index < -0.39 is 12.5 Å². The molecule has 0 aliphatic heterocycles. The lowest BCUT2D eigenvalue weighted by molar-refractivity contribution is -0.124. The first-order valence-corrected chi connectivity index (χ1v) is 3.78. The van der Waals surface area contributed by atoms with E-state index >= 15 is 0 Å². The van der Waals surface area contributed by atoms with E-state index in [2.05, 4.69) is 11.2 Å². The molecule has 0 aromatic carbocycles. The summed E-state index contributed by atoms with van der Waals surface area (Å²) in [7, 11) is 0. The summed E-state index contributed by atoms with van der Waals surface area (Å²) in [6.07, 6.45) is 5.22. The van der Waals surface area contributed by atoms with Crippen LogP contribution in [-0.4, -0.2) is 23.7 Å². The van der Waals surface area contributed by atoms with Gasteiger partial charge in [0.15, 0.2) is 0 Å². The zero-order valence-corrected chi connectivity index (χ0v) is 7.72. The van der Waals surface area contributed by atoms with Crippen molar-refractivity contribution in [2.45, 2.75) is 26.8 Å². The van der Waals surface area contributed by atoms with Crippen LogP contribution in [-0.2, 0) is 4.79 Å². The van der Waals surface area contributed by atoms with Gasteiger partial charge in [-0.05, 0) is 5.41 Å². The van der Waals surface area contributed by atoms with E-state index in [0.717, 1.165) is 0 Å². The summed E-state index contributed by atoms with van der Waals surface area (Å²) >= 11 is 0. The number of amides is 1. The molecule has 0 aliphatic rings. The molecule has 0 rings (SSSR count). The highest BCUT2D eigenvalue weighted by molar-refractivity contribution is 5.77. The van der Waals surface area contributed by atoms with E-state index in [4.69, 9.17) is 11.5 Å². The Labute approximate surface area is 73.2 Å². The van der Waals surface area contributed by atoms with Gasteiger partial charge < -0.3 is 10.4 Å². The minimum atomic E-state index is -0.520. The van der Waals surface area contributed by atoms with Gasteiger partial charge in [0.2, 0.25) is 5.91 Å². The predicted molar refractivity (Wildman–Crippen MR) is 47.3 cm³/mol. The standard InChI is InChI=1S/C9H15NO2/c1-5-7(9(2,3)4)10-8(12)6-11/h1,7,11H,6H2,2-4H3,(H,10,12). The highest BCUT2D eigenvalue weighted by atomic mass is 16.3. The summed E-state index contributed by atoms with van der Waals surface area (Å²) in [5, 5.41) is 11.0. The van der Waals surface area contributed by atoms with Crippen LogP contribution in [0.2, 0.25) is 0 Å². The molecule has 0 saturated heterocycles. The molecule has 0 aromatic heterocycles. The van der Waals surface area contributed by atoms with Crippen molar-refractivity contribution < 1.29 is 9.90 Å². The van der Waals surface area contributed by atoms with Crippen LogP contribution in [0.15, 0.2) is 0 Å². The smallest absolute Gasteiger partial charge is 0.246 e. The Balaban J connectivity index is 4.22. The number of carbonyl (C=O) groups excluding carboxylic acids is 1. The van der Waals surface area contributed by atoms with Crippen LogP contribution >= 0.6 is 0 Å². The lowest BCUT2D eigenvalue weighted by Crippen LogP contribution is -2.43. The molecule has 3 nitrogen and oxygen atoms in total. The van der Waals surface area contributed by atoms with Gasteiger partial charge in [0.1, 0.15) is 6.61 Å². The van der Waals surface area contributed by atoms with Crippen molar-refractivity contribution in [1.82, 2.24) is 5.32 Å². The van der Waals surface area contributed by atoms with Crippen molar-refractivity contribution in [2.24, 2.45) is 5.41 Å². The van der Waals surface area contributed by atoms with Gasteiger partial charge in [0.25, 0.3) is 0 Å². The quantitative estimate of drug-likeness (QED) is 0.578. The molecule has 2 N–H and O–H groups in total. The molecule has 1 amide bonds. The van der Waals surface area contributed by atoms with Crippen LogP contribution < -0.4 is 5.32 Å². The van der Waals surface area contributed by atoms with Crippen molar-refractivity contribution >= 4 is 5.91 Å². The largest absolute Gasteiger partial charge is 0.387 e.